The van der Waals surface area contributed by atoms with Crippen molar-refractivity contribution < 1.29 is 9.53 Å². The first-order valence-corrected chi connectivity index (χ1v) is 11.5. The maximum absolute atomic E-state index is 13.5. The molecule has 1 saturated heterocycles. The predicted molar refractivity (Wildman–Crippen MR) is 129 cm³/mol. The second kappa shape index (κ2) is 8.96. The highest BCUT2D eigenvalue weighted by Gasteiger charge is 2.24. The quantitative estimate of drug-likeness (QED) is 0.563. The topological polar surface area (TPSA) is 83.5 Å². The number of amides is 1. The zero-order valence-corrected chi connectivity index (χ0v) is 19.1. The zero-order chi connectivity index (χ0) is 22.9. The van der Waals surface area contributed by atoms with Gasteiger partial charge in [0, 0.05) is 50.8 Å². The summed E-state index contributed by atoms with van der Waals surface area (Å²) in [6, 6.07) is 3.82. The molecular weight excluding hydrogens is 418 g/mol. The van der Waals surface area contributed by atoms with Gasteiger partial charge in [0.05, 0.1) is 28.3 Å². The van der Waals surface area contributed by atoms with Crippen molar-refractivity contribution in [2.24, 2.45) is 0 Å². The molecule has 3 aromatic rings. The van der Waals surface area contributed by atoms with Crippen LogP contribution in [0.4, 0.5) is 0 Å². The van der Waals surface area contributed by atoms with Gasteiger partial charge >= 0.3 is 0 Å². The van der Waals surface area contributed by atoms with E-state index in [1.807, 2.05) is 42.2 Å². The number of unbranched alkanes of at least 4 members (excludes halogenated alkanes) is 1. The monoisotopic (exact) mass is 447 g/mol. The number of methoxy groups -OCH3 is 1. The van der Waals surface area contributed by atoms with Gasteiger partial charge in [-0.2, -0.15) is 5.10 Å². The smallest absolute Gasteiger partial charge is 0.259 e. The van der Waals surface area contributed by atoms with Crippen LogP contribution in [0.25, 0.3) is 27.5 Å². The van der Waals surface area contributed by atoms with Crippen molar-refractivity contribution in [3.8, 4) is 0 Å². The summed E-state index contributed by atoms with van der Waals surface area (Å²) in [6.45, 7) is 6.97. The molecule has 2 aromatic heterocycles. The molecule has 8 heteroatoms. The molecule has 0 radical (unpaired) electrons. The van der Waals surface area contributed by atoms with Crippen LogP contribution in [0.15, 0.2) is 41.4 Å². The van der Waals surface area contributed by atoms with E-state index in [-0.39, 0.29) is 11.5 Å². The predicted octanol–water partition coefficient (Wildman–Crippen LogP) is 2.78. The molecule has 0 atom stereocenters. The van der Waals surface area contributed by atoms with Gasteiger partial charge in [0.2, 0.25) is 0 Å². The lowest BCUT2D eigenvalue weighted by Crippen LogP contribution is -2.49. The third kappa shape index (κ3) is 4.00. The van der Waals surface area contributed by atoms with Crippen LogP contribution in [0.5, 0.6) is 0 Å². The van der Waals surface area contributed by atoms with Crippen LogP contribution >= 0.6 is 0 Å². The van der Waals surface area contributed by atoms with Crippen LogP contribution < -0.4 is 5.56 Å². The van der Waals surface area contributed by atoms with Gasteiger partial charge in [-0.15, -0.1) is 0 Å². The Morgan fingerprint density at radius 3 is 2.64 bits per heavy atom. The normalized spacial score (nSPS) is 16.4. The molecule has 2 aliphatic rings. The highest BCUT2D eigenvalue weighted by molar-refractivity contribution is 6.08. The minimum atomic E-state index is -0.173. The molecule has 1 aromatic carbocycles. The van der Waals surface area contributed by atoms with E-state index in [0.29, 0.717) is 16.5 Å². The maximum Gasteiger partial charge on any atom is 0.259 e. The van der Waals surface area contributed by atoms with Gasteiger partial charge in [-0.1, -0.05) is 6.08 Å². The molecule has 8 nitrogen and oxygen atoms in total. The average Bonchev–Trinajstić information content (AvgIpc) is 3.21. The van der Waals surface area contributed by atoms with Gasteiger partial charge in [-0.05, 0) is 56.2 Å². The first-order chi connectivity index (χ1) is 16.1. The minimum absolute atomic E-state index is 0.0432. The Morgan fingerprint density at radius 2 is 1.94 bits per heavy atom. The molecule has 1 aliphatic carbocycles. The molecular formula is C25H29N5O3. The van der Waals surface area contributed by atoms with Crippen LogP contribution in [0.1, 0.15) is 28.8 Å². The summed E-state index contributed by atoms with van der Waals surface area (Å²) >= 11 is 0. The number of aryl methyl sites for hydroxylation is 1. The summed E-state index contributed by atoms with van der Waals surface area (Å²) in [5, 5.41) is 5.78. The number of nitrogens with zero attached hydrogens (tertiary/aromatic N) is 4. The Hall–Kier alpha value is -3.23. The first kappa shape index (κ1) is 21.6. The molecule has 1 fully saturated rings. The standard InChI is InChI=1S/C25H29N5O3/c1-17-14-22-20(23-21(24(31)27-22)16-26-30(23)18-6-5-7-18)15-19(17)25(32)29-11-9-28(10-12-29)8-3-4-13-33-2/h5-7,14-16H,3-4,8-13H2,1-2H3,(H,27,31). The number of piperazine rings is 1. The van der Waals surface area contributed by atoms with Crippen LogP contribution in [-0.4, -0.2) is 76.9 Å². The van der Waals surface area contributed by atoms with Crippen molar-refractivity contribution >= 4 is 33.4 Å². The van der Waals surface area contributed by atoms with Crippen LogP contribution in [0.2, 0.25) is 0 Å². The number of rotatable bonds is 7. The zero-order valence-electron chi connectivity index (χ0n) is 19.1. The molecule has 1 N–H and O–H groups in total. The number of H-pyrrole nitrogens is 1. The van der Waals surface area contributed by atoms with E-state index in [9.17, 15) is 9.59 Å². The number of hydrogen-bond acceptors (Lipinski definition) is 5. The van der Waals surface area contributed by atoms with Gasteiger partial charge in [-0.3, -0.25) is 14.5 Å². The Kier molecular flexibility index (Phi) is 5.86. The summed E-state index contributed by atoms with van der Waals surface area (Å²) < 4.78 is 6.90. The third-order valence-electron chi connectivity index (χ3n) is 6.62. The highest BCUT2D eigenvalue weighted by atomic mass is 16.5. The van der Waals surface area contributed by atoms with Crippen LogP contribution in [-0.2, 0) is 4.74 Å². The number of allylic oxidation sites excluding steroid dienone is 4. The van der Waals surface area contributed by atoms with Crippen molar-refractivity contribution in [3.05, 3.63) is 58.0 Å². The fourth-order valence-electron chi connectivity index (χ4n) is 4.65. The third-order valence-corrected chi connectivity index (χ3v) is 6.62. The number of pyridine rings is 1. The SMILES string of the molecule is COCCCCN1CCN(C(=O)c2cc3c(cc2C)[nH]c(=O)c2cnn(C4=CC=C4)c23)CC1. The number of aromatic amines is 1. The van der Waals surface area contributed by atoms with E-state index in [1.165, 1.54) is 0 Å². The second-order valence-corrected chi connectivity index (χ2v) is 8.77. The van der Waals surface area contributed by atoms with Crippen molar-refractivity contribution in [3.63, 3.8) is 0 Å². The first-order valence-electron chi connectivity index (χ1n) is 11.5. The maximum atomic E-state index is 13.5. The lowest BCUT2D eigenvalue weighted by atomic mass is 10.0. The summed E-state index contributed by atoms with van der Waals surface area (Å²) in [7, 11) is 1.73. The van der Waals surface area contributed by atoms with E-state index in [1.54, 1.807) is 18.0 Å². The molecule has 0 spiro atoms. The van der Waals surface area contributed by atoms with Gasteiger partial charge in [0.1, 0.15) is 0 Å². The fraction of sp³-hybridized carbons (Fsp3) is 0.400. The van der Waals surface area contributed by atoms with E-state index in [0.717, 1.165) is 74.3 Å². The van der Waals surface area contributed by atoms with Gasteiger partial charge in [0.25, 0.3) is 11.5 Å². The molecule has 3 heterocycles. The number of carbonyl (C=O) groups excluding carboxylic acids is 1. The second-order valence-electron chi connectivity index (χ2n) is 8.77. The van der Waals surface area contributed by atoms with Gasteiger partial charge < -0.3 is 14.6 Å². The summed E-state index contributed by atoms with van der Waals surface area (Å²) in [5.74, 6) is 0.0432. The number of fused-ring (bicyclic) bond motifs is 3. The molecule has 1 amide bonds. The summed E-state index contributed by atoms with van der Waals surface area (Å²) in [6.07, 6.45) is 9.61. The summed E-state index contributed by atoms with van der Waals surface area (Å²) in [5.41, 5.74) is 3.74. The van der Waals surface area contributed by atoms with Crippen molar-refractivity contribution in [1.82, 2.24) is 24.6 Å². The molecule has 1 aliphatic heterocycles. The van der Waals surface area contributed by atoms with E-state index in [2.05, 4.69) is 15.0 Å². The van der Waals surface area contributed by atoms with Crippen molar-refractivity contribution in [2.75, 3.05) is 46.4 Å². The Morgan fingerprint density at radius 1 is 1.15 bits per heavy atom. The number of carbonyl (C=O) groups is 1. The Labute approximate surface area is 192 Å². The number of aromatic nitrogens is 3. The number of ether oxygens (including phenoxy) is 1. The minimum Gasteiger partial charge on any atom is -0.385 e. The number of hydrogen-bond donors (Lipinski definition) is 1. The Bertz CT molecular complexity index is 1330. The molecule has 5 rings (SSSR count). The number of benzene rings is 1. The summed E-state index contributed by atoms with van der Waals surface area (Å²) in [4.78, 5) is 33.4. The average molecular weight is 448 g/mol. The largest absolute Gasteiger partial charge is 0.385 e. The lowest BCUT2D eigenvalue weighted by Gasteiger charge is -2.35. The van der Waals surface area contributed by atoms with Crippen LogP contribution in [0, 0.1) is 6.92 Å². The highest BCUT2D eigenvalue weighted by Crippen LogP contribution is 2.28. The van der Waals surface area contributed by atoms with Crippen molar-refractivity contribution in [1.29, 1.82) is 0 Å². The molecule has 172 valence electrons. The molecule has 33 heavy (non-hydrogen) atoms. The van der Waals surface area contributed by atoms with Gasteiger partial charge in [0.15, 0.2) is 0 Å². The van der Waals surface area contributed by atoms with E-state index < -0.39 is 0 Å². The number of nitrogens with one attached hydrogen (secondary N) is 1. The van der Waals surface area contributed by atoms with Crippen molar-refractivity contribution in [2.45, 2.75) is 19.8 Å². The van der Waals surface area contributed by atoms with E-state index in [4.69, 9.17) is 4.74 Å². The van der Waals surface area contributed by atoms with Crippen LogP contribution in [0.3, 0.4) is 0 Å². The molecule has 0 bridgehead atoms. The Balaban J connectivity index is 1.42. The fourth-order valence-corrected chi connectivity index (χ4v) is 4.65. The van der Waals surface area contributed by atoms with Gasteiger partial charge in [-0.25, -0.2) is 4.68 Å². The molecule has 0 saturated carbocycles. The molecule has 0 unspecified atom stereocenters. The van der Waals surface area contributed by atoms with E-state index >= 15 is 0 Å². The lowest BCUT2D eigenvalue weighted by molar-refractivity contribution is 0.0632.